The minimum atomic E-state index is -0.530. The molecule has 0 saturated heterocycles. The van der Waals surface area contributed by atoms with Crippen molar-refractivity contribution in [3.63, 3.8) is 0 Å². The largest absolute Gasteiger partial charge is 0.494 e. The zero-order valence-corrected chi connectivity index (χ0v) is 15.6. The summed E-state index contributed by atoms with van der Waals surface area (Å²) in [6.07, 6.45) is 0.928. The van der Waals surface area contributed by atoms with Gasteiger partial charge < -0.3 is 14.5 Å². The van der Waals surface area contributed by atoms with E-state index in [4.69, 9.17) is 9.15 Å². The molecule has 1 aliphatic heterocycles. The van der Waals surface area contributed by atoms with E-state index in [9.17, 15) is 9.59 Å². The molecule has 1 unspecified atom stereocenters. The Kier molecular flexibility index (Phi) is 4.28. The maximum absolute atomic E-state index is 13.0. The molecule has 1 aliphatic rings. The number of carbonyl (C=O) groups is 1. The number of hydrogen-bond acceptors (Lipinski definition) is 4. The maximum Gasteiger partial charge on any atom is 0.288 e. The highest BCUT2D eigenvalue weighted by molar-refractivity contribution is 9.10. The number of carbonyl (C=O) groups excluding carboxylic acids is 1. The Labute approximate surface area is 158 Å². The zero-order valence-electron chi connectivity index (χ0n) is 14.0. The number of fused-ring (bicyclic) bond motifs is 2. The lowest BCUT2D eigenvalue weighted by Gasteiger charge is -2.12. The highest BCUT2D eigenvalue weighted by Gasteiger charge is 2.35. The Morgan fingerprint density at radius 2 is 1.92 bits per heavy atom. The molecule has 4 rings (SSSR count). The second-order valence-corrected chi connectivity index (χ2v) is 7.05. The van der Waals surface area contributed by atoms with Gasteiger partial charge in [-0.1, -0.05) is 35.0 Å². The minimum absolute atomic E-state index is 0.0844. The third-order valence-electron chi connectivity index (χ3n) is 4.34. The molecule has 0 saturated carbocycles. The monoisotopic (exact) mass is 413 g/mol. The zero-order chi connectivity index (χ0) is 18.3. The normalized spacial score (nSPS) is 15.8. The SMILES string of the molecule is CCCOc1ccc(C2NC(=O)c3oc4ccc(Br)cc4c(=O)c32)cc1. The first-order valence-electron chi connectivity index (χ1n) is 8.38. The molecule has 1 aromatic heterocycles. The number of amides is 1. The Balaban J connectivity index is 1.80. The van der Waals surface area contributed by atoms with Crippen LogP contribution in [0.2, 0.25) is 0 Å². The van der Waals surface area contributed by atoms with E-state index >= 15 is 0 Å². The van der Waals surface area contributed by atoms with Crippen LogP contribution in [0.15, 0.2) is 56.1 Å². The summed E-state index contributed by atoms with van der Waals surface area (Å²) in [6, 6.07) is 12.0. The number of nitrogens with one attached hydrogen (secondary N) is 1. The van der Waals surface area contributed by atoms with Crippen LogP contribution >= 0.6 is 15.9 Å². The van der Waals surface area contributed by atoms with Crippen LogP contribution in [0.4, 0.5) is 0 Å². The van der Waals surface area contributed by atoms with Gasteiger partial charge in [-0.25, -0.2) is 0 Å². The van der Waals surface area contributed by atoms with E-state index in [2.05, 4.69) is 21.2 Å². The Morgan fingerprint density at radius 1 is 1.15 bits per heavy atom. The molecule has 0 aliphatic carbocycles. The van der Waals surface area contributed by atoms with Crippen LogP contribution in [0.1, 0.15) is 41.1 Å². The molecular formula is C20H16BrNO4. The van der Waals surface area contributed by atoms with Crippen LogP contribution < -0.4 is 15.5 Å². The molecule has 0 radical (unpaired) electrons. The number of ether oxygens (including phenoxy) is 1. The predicted octanol–water partition coefficient (Wildman–Crippen LogP) is 4.18. The summed E-state index contributed by atoms with van der Waals surface area (Å²) in [7, 11) is 0. The molecule has 1 N–H and O–H groups in total. The molecule has 3 aromatic rings. The predicted molar refractivity (Wildman–Crippen MR) is 102 cm³/mol. The molecule has 0 fully saturated rings. The highest BCUT2D eigenvalue weighted by atomic mass is 79.9. The van der Waals surface area contributed by atoms with E-state index in [1.807, 2.05) is 31.2 Å². The van der Waals surface area contributed by atoms with Crippen molar-refractivity contribution >= 4 is 32.8 Å². The fraction of sp³-hybridized carbons (Fsp3) is 0.200. The number of rotatable bonds is 4. The van der Waals surface area contributed by atoms with E-state index in [1.54, 1.807) is 18.2 Å². The molecular weight excluding hydrogens is 398 g/mol. The van der Waals surface area contributed by atoms with Gasteiger partial charge >= 0.3 is 0 Å². The van der Waals surface area contributed by atoms with Gasteiger partial charge in [0.1, 0.15) is 11.3 Å². The molecule has 0 spiro atoms. The second-order valence-electron chi connectivity index (χ2n) is 6.14. The molecule has 1 amide bonds. The van der Waals surface area contributed by atoms with Crippen molar-refractivity contribution in [2.45, 2.75) is 19.4 Å². The average Bonchev–Trinajstić information content (AvgIpc) is 2.98. The van der Waals surface area contributed by atoms with Crippen molar-refractivity contribution in [3.8, 4) is 5.75 Å². The lowest BCUT2D eigenvalue weighted by molar-refractivity contribution is 0.0938. The summed E-state index contributed by atoms with van der Waals surface area (Å²) < 4.78 is 12.1. The van der Waals surface area contributed by atoms with Crippen LogP contribution in [-0.4, -0.2) is 12.5 Å². The molecule has 2 heterocycles. The third kappa shape index (κ3) is 2.80. The van der Waals surface area contributed by atoms with Crippen LogP contribution in [0.3, 0.4) is 0 Å². The van der Waals surface area contributed by atoms with E-state index in [-0.39, 0.29) is 17.1 Å². The first-order valence-corrected chi connectivity index (χ1v) is 9.17. The van der Waals surface area contributed by atoms with Crippen molar-refractivity contribution in [2.75, 3.05) is 6.61 Å². The van der Waals surface area contributed by atoms with Gasteiger partial charge in [-0.05, 0) is 42.3 Å². The van der Waals surface area contributed by atoms with E-state index in [0.717, 1.165) is 22.2 Å². The fourth-order valence-electron chi connectivity index (χ4n) is 3.11. The van der Waals surface area contributed by atoms with Crippen LogP contribution in [0.25, 0.3) is 11.0 Å². The lowest BCUT2D eigenvalue weighted by Crippen LogP contribution is -2.21. The van der Waals surface area contributed by atoms with Gasteiger partial charge in [0, 0.05) is 4.47 Å². The van der Waals surface area contributed by atoms with Gasteiger partial charge in [-0.3, -0.25) is 9.59 Å². The summed E-state index contributed by atoms with van der Waals surface area (Å²) >= 11 is 3.37. The Morgan fingerprint density at radius 3 is 2.65 bits per heavy atom. The van der Waals surface area contributed by atoms with E-state index in [1.165, 1.54) is 0 Å². The van der Waals surface area contributed by atoms with Crippen LogP contribution in [0, 0.1) is 0 Å². The van der Waals surface area contributed by atoms with Gasteiger partial charge in [0.05, 0.1) is 23.6 Å². The van der Waals surface area contributed by atoms with Crippen molar-refractivity contribution in [1.82, 2.24) is 5.32 Å². The van der Waals surface area contributed by atoms with Gasteiger partial charge in [0.15, 0.2) is 5.43 Å². The average molecular weight is 414 g/mol. The summed E-state index contributed by atoms with van der Waals surface area (Å²) in [5, 5.41) is 3.29. The molecule has 2 aromatic carbocycles. The van der Waals surface area contributed by atoms with E-state index in [0.29, 0.717) is 23.1 Å². The lowest BCUT2D eigenvalue weighted by atomic mass is 9.99. The van der Waals surface area contributed by atoms with Crippen molar-refractivity contribution in [2.24, 2.45) is 0 Å². The Hall–Kier alpha value is -2.60. The molecule has 26 heavy (non-hydrogen) atoms. The topological polar surface area (TPSA) is 68.5 Å². The fourth-order valence-corrected chi connectivity index (χ4v) is 3.47. The van der Waals surface area contributed by atoms with E-state index < -0.39 is 6.04 Å². The van der Waals surface area contributed by atoms with Crippen LogP contribution in [-0.2, 0) is 0 Å². The smallest absolute Gasteiger partial charge is 0.288 e. The van der Waals surface area contributed by atoms with Crippen molar-refractivity contribution in [1.29, 1.82) is 0 Å². The standard InChI is InChI=1S/C20H16BrNO4/c1-2-9-25-13-6-3-11(4-7-13)17-16-18(23)14-10-12(21)5-8-15(14)26-19(16)20(24)22-17/h3-8,10,17H,2,9H2,1H3,(H,22,24). The molecule has 6 heteroatoms. The molecule has 0 bridgehead atoms. The van der Waals surface area contributed by atoms with Gasteiger partial charge in [0.2, 0.25) is 5.76 Å². The summed E-state index contributed by atoms with van der Waals surface area (Å²) in [5.74, 6) is 0.467. The minimum Gasteiger partial charge on any atom is -0.494 e. The second kappa shape index (κ2) is 6.61. The summed E-state index contributed by atoms with van der Waals surface area (Å²) in [6.45, 7) is 2.69. The maximum atomic E-state index is 13.0. The third-order valence-corrected chi connectivity index (χ3v) is 4.84. The first-order chi connectivity index (χ1) is 12.6. The highest BCUT2D eigenvalue weighted by Crippen LogP contribution is 2.32. The van der Waals surface area contributed by atoms with Gasteiger partial charge in [-0.2, -0.15) is 0 Å². The van der Waals surface area contributed by atoms with Crippen molar-refractivity contribution in [3.05, 3.63) is 74.0 Å². The summed E-state index contributed by atoms with van der Waals surface area (Å²) in [4.78, 5) is 25.4. The number of hydrogen-bond donors (Lipinski definition) is 1. The summed E-state index contributed by atoms with van der Waals surface area (Å²) in [5.41, 5.74) is 1.36. The Bertz CT molecular complexity index is 1060. The molecule has 1 atom stereocenters. The first kappa shape index (κ1) is 16.8. The van der Waals surface area contributed by atoms with Gasteiger partial charge in [-0.15, -0.1) is 0 Å². The molecule has 5 nitrogen and oxygen atoms in total. The van der Waals surface area contributed by atoms with Crippen molar-refractivity contribution < 1.29 is 13.9 Å². The molecule has 132 valence electrons. The van der Waals surface area contributed by atoms with Crippen LogP contribution in [0.5, 0.6) is 5.75 Å². The van der Waals surface area contributed by atoms with Gasteiger partial charge in [0.25, 0.3) is 5.91 Å². The number of benzene rings is 2. The quantitative estimate of drug-likeness (QED) is 0.696. The number of halogens is 1.